The first-order chi connectivity index (χ1) is 9.28. The summed E-state index contributed by atoms with van der Waals surface area (Å²) in [5.74, 6) is 0.0390. The van der Waals surface area contributed by atoms with E-state index in [1.165, 1.54) is 23.9 Å². The molecule has 2 unspecified atom stereocenters. The molecule has 0 radical (unpaired) electrons. The minimum absolute atomic E-state index is 0.0194. The van der Waals surface area contributed by atoms with Crippen LogP contribution in [0.5, 0.6) is 0 Å². The third kappa shape index (κ3) is 3.37. The van der Waals surface area contributed by atoms with Crippen LogP contribution < -0.4 is 0 Å². The van der Waals surface area contributed by atoms with Crippen LogP contribution in [-0.4, -0.2) is 27.2 Å². The van der Waals surface area contributed by atoms with Crippen LogP contribution in [0.2, 0.25) is 0 Å². The minimum Gasteiger partial charge on any atom is -0.391 e. The fraction of sp³-hybridized carbons (Fsp3) is 0.500. The highest BCUT2D eigenvalue weighted by Gasteiger charge is 2.40. The van der Waals surface area contributed by atoms with Gasteiger partial charge in [0.1, 0.15) is 5.78 Å². The van der Waals surface area contributed by atoms with Gasteiger partial charge in [-0.25, -0.2) is 0 Å². The number of non-ortho nitro benzene ring substituents is 1. The zero-order chi connectivity index (χ0) is 14.9. The number of hydrogen-bond acceptors (Lipinski definition) is 5. The van der Waals surface area contributed by atoms with Crippen LogP contribution in [0.4, 0.5) is 5.69 Å². The third-order valence-electron chi connectivity index (χ3n) is 3.39. The Morgan fingerprint density at radius 2 is 1.95 bits per heavy atom. The molecule has 2 atom stereocenters. The number of nitro benzene ring substituents is 1. The first-order valence-electron chi connectivity index (χ1n) is 6.40. The number of aliphatic hydroxyl groups is 1. The lowest BCUT2D eigenvalue weighted by atomic mass is 9.75. The number of hydrogen-bond donors (Lipinski definition) is 1. The molecule has 0 saturated heterocycles. The van der Waals surface area contributed by atoms with Gasteiger partial charge in [-0.3, -0.25) is 14.9 Å². The van der Waals surface area contributed by atoms with E-state index in [0.29, 0.717) is 12.8 Å². The lowest BCUT2D eigenvalue weighted by molar-refractivity contribution is -0.384. The second kappa shape index (κ2) is 5.54. The summed E-state index contributed by atoms with van der Waals surface area (Å²) in [7, 11) is 0. The van der Waals surface area contributed by atoms with Crippen molar-refractivity contribution in [2.45, 2.75) is 42.9 Å². The molecule has 0 amide bonds. The molecule has 0 aromatic heterocycles. The topological polar surface area (TPSA) is 80.4 Å². The van der Waals surface area contributed by atoms with Crippen LogP contribution in [0.15, 0.2) is 29.2 Å². The number of rotatable bonds is 3. The zero-order valence-corrected chi connectivity index (χ0v) is 12.2. The second-order valence-electron chi connectivity index (χ2n) is 5.87. The average molecular weight is 295 g/mol. The average Bonchev–Trinajstić information content (AvgIpc) is 2.33. The summed E-state index contributed by atoms with van der Waals surface area (Å²) in [4.78, 5) is 23.0. The molecular formula is C14H17NO4S. The summed E-state index contributed by atoms with van der Waals surface area (Å²) in [5.41, 5.74) is -0.144. The maximum absolute atomic E-state index is 12.1. The van der Waals surface area contributed by atoms with E-state index in [1.807, 2.05) is 13.8 Å². The van der Waals surface area contributed by atoms with Crippen molar-refractivity contribution in [1.82, 2.24) is 0 Å². The SMILES string of the molecule is CC1(C)CC(=O)C(Sc2ccc([N+](=O)[O-])cc2)C(O)C1. The Bertz CT molecular complexity index is 526. The molecule has 1 fully saturated rings. The molecule has 0 aliphatic heterocycles. The molecule has 108 valence electrons. The summed E-state index contributed by atoms with van der Waals surface area (Å²) < 4.78 is 0. The molecule has 0 spiro atoms. The highest BCUT2D eigenvalue weighted by Crippen LogP contribution is 2.40. The van der Waals surface area contributed by atoms with Crippen LogP contribution in [0, 0.1) is 15.5 Å². The van der Waals surface area contributed by atoms with Crippen molar-refractivity contribution in [3.8, 4) is 0 Å². The Hall–Kier alpha value is -1.40. The lowest BCUT2D eigenvalue weighted by Gasteiger charge is -2.36. The Morgan fingerprint density at radius 3 is 2.45 bits per heavy atom. The number of benzene rings is 1. The molecule has 1 aliphatic rings. The number of nitro groups is 1. The lowest BCUT2D eigenvalue weighted by Crippen LogP contribution is -2.42. The van der Waals surface area contributed by atoms with Crippen LogP contribution in [-0.2, 0) is 4.79 Å². The summed E-state index contributed by atoms with van der Waals surface area (Å²) in [5, 5.41) is 20.2. The van der Waals surface area contributed by atoms with Gasteiger partial charge < -0.3 is 5.11 Å². The van der Waals surface area contributed by atoms with Gasteiger partial charge in [-0.2, -0.15) is 0 Å². The van der Waals surface area contributed by atoms with Gasteiger partial charge in [0.05, 0.1) is 16.3 Å². The van der Waals surface area contributed by atoms with Crippen molar-refractivity contribution in [1.29, 1.82) is 0 Å². The van der Waals surface area contributed by atoms with Crippen molar-refractivity contribution in [3.05, 3.63) is 34.4 Å². The van der Waals surface area contributed by atoms with Gasteiger partial charge in [0.2, 0.25) is 0 Å². The largest absolute Gasteiger partial charge is 0.391 e. The van der Waals surface area contributed by atoms with Gasteiger partial charge in [0, 0.05) is 23.4 Å². The molecule has 1 N–H and O–H groups in total. The number of carbonyl (C=O) groups excluding carboxylic acids is 1. The molecule has 0 bridgehead atoms. The van der Waals surface area contributed by atoms with Crippen molar-refractivity contribution in [3.63, 3.8) is 0 Å². The normalized spacial score (nSPS) is 25.4. The van der Waals surface area contributed by atoms with Gasteiger partial charge in [-0.15, -0.1) is 11.8 Å². The van der Waals surface area contributed by atoms with E-state index in [9.17, 15) is 20.0 Å². The van der Waals surface area contributed by atoms with Crippen molar-refractivity contribution in [2.24, 2.45) is 5.41 Å². The number of Topliss-reactive ketones (excluding diaryl/α,β-unsaturated/α-hetero) is 1. The number of nitrogens with zero attached hydrogens (tertiary/aromatic N) is 1. The van der Waals surface area contributed by atoms with Gasteiger partial charge in [0.25, 0.3) is 5.69 Å². The van der Waals surface area contributed by atoms with Gasteiger partial charge >= 0.3 is 0 Å². The molecule has 2 rings (SSSR count). The van der Waals surface area contributed by atoms with Crippen LogP contribution >= 0.6 is 11.8 Å². The number of carbonyl (C=O) groups is 1. The van der Waals surface area contributed by atoms with Crippen LogP contribution in [0.1, 0.15) is 26.7 Å². The molecular weight excluding hydrogens is 278 g/mol. The van der Waals surface area contributed by atoms with Gasteiger partial charge in [0.15, 0.2) is 0 Å². The summed E-state index contributed by atoms with van der Waals surface area (Å²) in [6.07, 6.45) is 0.365. The predicted molar refractivity (Wildman–Crippen MR) is 76.8 cm³/mol. The Kier molecular flexibility index (Phi) is 4.15. The van der Waals surface area contributed by atoms with Gasteiger partial charge in [-0.1, -0.05) is 13.8 Å². The number of ketones is 1. The summed E-state index contributed by atoms with van der Waals surface area (Å²) in [6.45, 7) is 3.95. The molecule has 1 aromatic rings. The van der Waals surface area contributed by atoms with E-state index >= 15 is 0 Å². The predicted octanol–water partition coefficient (Wildman–Crippen LogP) is 2.81. The molecule has 5 nitrogen and oxygen atoms in total. The molecule has 20 heavy (non-hydrogen) atoms. The first kappa shape index (κ1) is 15.0. The monoisotopic (exact) mass is 295 g/mol. The quantitative estimate of drug-likeness (QED) is 0.685. The second-order valence-corrected chi connectivity index (χ2v) is 7.08. The third-order valence-corrected chi connectivity index (χ3v) is 4.77. The molecule has 0 heterocycles. The minimum atomic E-state index is -0.675. The van der Waals surface area contributed by atoms with E-state index < -0.39 is 16.3 Å². The number of thioether (sulfide) groups is 1. The molecule has 1 aromatic carbocycles. The summed E-state index contributed by atoms with van der Waals surface area (Å²) in [6, 6.07) is 6.04. The van der Waals surface area contributed by atoms with E-state index in [0.717, 1.165) is 4.90 Å². The van der Waals surface area contributed by atoms with E-state index in [1.54, 1.807) is 12.1 Å². The zero-order valence-electron chi connectivity index (χ0n) is 11.4. The molecule has 6 heteroatoms. The van der Waals surface area contributed by atoms with E-state index in [2.05, 4.69) is 0 Å². The van der Waals surface area contributed by atoms with Crippen molar-refractivity contribution >= 4 is 23.2 Å². The number of aliphatic hydroxyl groups excluding tert-OH is 1. The van der Waals surface area contributed by atoms with E-state index in [4.69, 9.17) is 0 Å². The maximum atomic E-state index is 12.1. The highest BCUT2D eigenvalue weighted by molar-refractivity contribution is 8.00. The fourth-order valence-electron chi connectivity index (χ4n) is 2.47. The van der Waals surface area contributed by atoms with Crippen molar-refractivity contribution in [2.75, 3.05) is 0 Å². The molecule has 1 aliphatic carbocycles. The summed E-state index contributed by atoms with van der Waals surface area (Å²) >= 11 is 1.28. The maximum Gasteiger partial charge on any atom is 0.269 e. The Balaban J connectivity index is 2.09. The van der Waals surface area contributed by atoms with E-state index in [-0.39, 0.29) is 16.9 Å². The Morgan fingerprint density at radius 1 is 1.35 bits per heavy atom. The fourth-order valence-corrected chi connectivity index (χ4v) is 3.52. The molecule has 1 saturated carbocycles. The first-order valence-corrected chi connectivity index (χ1v) is 7.28. The smallest absolute Gasteiger partial charge is 0.269 e. The van der Waals surface area contributed by atoms with Gasteiger partial charge in [-0.05, 0) is 24.0 Å². The van der Waals surface area contributed by atoms with Crippen LogP contribution in [0.25, 0.3) is 0 Å². The Labute approximate surface area is 121 Å². The standard InChI is InChI=1S/C14H17NO4S/c1-14(2)7-11(16)13(12(17)8-14)20-10-5-3-9(4-6-10)15(18)19/h3-6,11,13,16H,7-8H2,1-2H3. The van der Waals surface area contributed by atoms with Crippen molar-refractivity contribution < 1.29 is 14.8 Å². The van der Waals surface area contributed by atoms with Crippen LogP contribution in [0.3, 0.4) is 0 Å². The highest BCUT2D eigenvalue weighted by atomic mass is 32.2.